The predicted octanol–water partition coefficient (Wildman–Crippen LogP) is 1.91. The van der Waals surface area contributed by atoms with Gasteiger partial charge in [0.2, 0.25) is 0 Å². The van der Waals surface area contributed by atoms with E-state index < -0.39 is 16.6 Å². The Morgan fingerprint density at radius 1 is 1.62 bits per heavy atom. The summed E-state index contributed by atoms with van der Waals surface area (Å²) in [6.07, 6.45) is 0. The number of benzene rings is 1. The second-order valence-corrected chi connectivity index (χ2v) is 3.12. The number of rotatable bonds is 2. The van der Waals surface area contributed by atoms with E-state index in [-0.39, 0.29) is 16.1 Å². The molecule has 6 nitrogen and oxygen atoms in total. The molecule has 0 saturated heterocycles. The average Bonchev–Trinajstić information content (AvgIpc) is 2.27. The largest absolute Gasteiger partial charge is 0.465 e. The highest BCUT2D eigenvalue weighted by Crippen LogP contribution is 2.28. The molecule has 0 aromatic heterocycles. The van der Waals surface area contributed by atoms with Crippen LogP contribution in [0.25, 0.3) is 0 Å². The number of hydrogen-bond acceptors (Lipinski definition) is 5. The molecule has 0 aliphatic carbocycles. The molecule has 1 aromatic carbocycles. The summed E-state index contributed by atoms with van der Waals surface area (Å²) in [4.78, 5) is 21.1. The lowest BCUT2D eigenvalue weighted by molar-refractivity contribution is -0.384. The Labute approximate surface area is 95.2 Å². The third-order valence-electron chi connectivity index (χ3n) is 1.81. The normalized spacial score (nSPS) is 9.31. The van der Waals surface area contributed by atoms with Gasteiger partial charge in [-0.15, -0.1) is 0 Å². The van der Waals surface area contributed by atoms with Crippen LogP contribution < -0.4 is 0 Å². The first-order chi connectivity index (χ1) is 7.51. The van der Waals surface area contributed by atoms with Crippen LogP contribution in [0.15, 0.2) is 12.1 Å². The van der Waals surface area contributed by atoms with Gasteiger partial charge in [-0.25, -0.2) is 4.79 Å². The summed E-state index contributed by atoms with van der Waals surface area (Å²) in [7, 11) is 1.12. The second kappa shape index (κ2) is 4.59. The minimum atomic E-state index is -0.823. The van der Waals surface area contributed by atoms with Crippen LogP contribution in [0.5, 0.6) is 0 Å². The number of nitrogens with zero attached hydrogens (tertiary/aromatic N) is 2. The van der Waals surface area contributed by atoms with Crippen LogP contribution in [-0.4, -0.2) is 18.0 Å². The molecular formula is C9H5ClN2O4. The minimum absolute atomic E-state index is 0.0672. The Morgan fingerprint density at radius 2 is 2.25 bits per heavy atom. The Kier molecular flexibility index (Phi) is 3.43. The summed E-state index contributed by atoms with van der Waals surface area (Å²) in [5.41, 5.74) is -0.690. The minimum Gasteiger partial charge on any atom is -0.465 e. The fourth-order valence-electron chi connectivity index (χ4n) is 1.07. The van der Waals surface area contributed by atoms with Crippen molar-refractivity contribution >= 4 is 23.3 Å². The van der Waals surface area contributed by atoms with E-state index in [1.54, 1.807) is 6.07 Å². The topological polar surface area (TPSA) is 93.2 Å². The molecule has 0 fully saturated rings. The first kappa shape index (κ1) is 11.9. The highest BCUT2D eigenvalue weighted by Gasteiger charge is 2.21. The third-order valence-corrected chi connectivity index (χ3v) is 2.11. The van der Waals surface area contributed by atoms with Crippen molar-refractivity contribution < 1.29 is 14.5 Å². The molecule has 82 valence electrons. The van der Waals surface area contributed by atoms with Crippen LogP contribution in [0.2, 0.25) is 5.02 Å². The van der Waals surface area contributed by atoms with E-state index in [0.717, 1.165) is 19.2 Å². The van der Waals surface area contributed by atoms with Gasteiger partial charge in [-0.3, -0.25) is 10.1 Å². The second-order valence-electron chi connectivity index (χ2n) is 2.71. The SMILES string of the molecule is COC(=O)c1cc([N+](=O)[O-])c(Cl)cc1C#N. The molecule has 0 saturated carbocycles. The van der Waals surface area contributed by atoms with Crippen LogP contribution in [0.3, 0.4) is 0 Å². The summed E-state index contributed by atoms with van der Waals surface area (Å²) in [5, 5.41) is 19.1. The van der Waals surface area contributed by atoms with E-state index in [1.807, 2.05) is 0 Å². The number of halogens is 1. The number of nitriles is 1. The quantitative estimate of drug-likeness (QED) is 0.447. The zero-order valence-electron chi connectivity index (χ0n) is 8.06. The van der Waals surface area contributed by atoms with Crippen molar-refractivity contribution in [1.29, 1.82) is 5.26 Å². The van der Waals surface area contributed by atoms with Gasteiger partial charge < -0.3 is 4.74 Å². The maximum atomic E-state index is 11.2. The van der Waals surface area contributed by atoms with Gasteiger partial charge in [0.1, 0.15) is 11.1 Å². The van der Waals surface area contributed by atoms with E-state index in [0.29, 0.717) is 0 Å². The number of esters is 1. The highest BCUT2D eigenvalue weighted by atomic mass is 35.5. The van der Waals surface area contributed by atoms with Gasteiger partial charge >= 0.3 is 5.97 Å². The van der Waals surface area contributed by atoms with Crippen LogP contribution in [-0.2, 0) is 4.74 Å². The first-order valence-corrected chi connectivity index (χ1v) is 4.35. The Bertz CT molecular complexity index is 507. The molecule has 0 N–H and O–H groups in total. The van der Waals surface area contributed by atoms with Gasteiger partial charge in [-0.05, 0) is 6.07 Å². The molecule has 0 radical (unpaired) electrons. The summed E-state index contributed by atoms with van der Waals surface area (Å²) in [6.45, 7) is 0. The molecular weight excluding hydrogens is 236 g/mol. The molecule has 0 bridgehead atoms. The van der Waals surface area contributed by atoms with Crippen molar-refractivity contribution in [1.82, 2.24) is 0 Å². The van der Waals surface area contributed by atoms with Gasteiger partial charge in [0, 0.05) is 6.07 Å². The molecule has 0 aliphatic heterocycles. The van der Waals surface area contributed by atoms with Crippen LogP contribution in [0.1, 0.15) is 15.9 Å². The van der Waals surface area contributed by atoms with Crippen LogP contribution in [0.4, 0.5) is 5.69 Å². The monoisotopic (exact) mass is 240 g/mol. The van der Waals surface area contributed by atoms with Gasteiger partial charge in [-0.2, -0.15) is 5.26 Å². The summed E-state index contributed by atoms with van der Waals surface area (Å²) < 4.78 is 4.40. The van der Waals surface area contributed by atoms with E-state index in [1.165, 1.54) is 0 Å². The lowest BCUT2D eigenvalue weighted by Crippen LogP contribution is -2.05. The number of methoxy groups -OCH3 is 1. The van der Waals surface area contributed by atoms with Crippen molar-refractivity contribution in [3.8, 4) is 6.07 Å². The number of hydrogen-bond donors (Lipinski definition) is 0. The molecule has 0 aliphatic rings. The Hall–Kier alpha value is -2.13. The fourth-order valence-corrected chi connectivity index (χ4v) is 1.31. The van der Waals surface area contributed by atoms with E-state index in [9.17, 15) is 14.9 Å². The van der Waals surface area contributed by atoms with Crippen molar-refractivity contribution in [3.63, 3.8) is 0 Å². The number of carbonyl (C=O) groups is 1. The molecule has 1 aromatic rings. The lowest BCUT2D eigenvalue weighted by atomic mass is 10.1. The zero-order chi connectivity index (χ0) is 12.3. The van der Waals surface area contributed by atoms with Crippen molar-refractivity contribution in [3.05, 3.63) is 38.4 Å². The summed E-state index contributed by atoms with van der Waals surface area (Å²) >= 11 is 5.58. The van der Waals surface area contributed by atoms with Gasteiger partial charge in [0.05, 0.1) is 23.2 Å². The maximum Gasteiger partial charge on any atom is 0.339 e. The average molecular weight is 241 g/mol. The van der Waals surface area contributed by atoms with Crippen LogP contribution >= 0.6 is 11.6 Å². The molecule has 0 atom stereocenters. The number of nitro groups is 1. The van der Waals surface area contributed by atoms with Crippen molar-refractivity contribution in [2.75, 3.05) is 7.11 Å². The predicted molar refractivity (Wildman–Crippen MR) is 54.2 cm³/mol. The first-order valence-electron chi connectivity index (χ1n) is 3.97. The number of nitro benzene ring substituents is 1. The standard InChI is InChI=1S/C9H5ClN2O4/c1-16-9(13)6-3-8(12(14)15)7(10)2-5(6)4-11/h2-3H,1H3. The third kappa shape index (κ3) is 2.10. The van der Waals surface area contributed by atoms with Gasteiger partial charge in [0.15, 0.2) is 0 Å². The van der Waals surface area contributed by atoms with E-state index in [4.69, 9.17) is 16.9 Å². The highest BCUT2D eigenvalue weighted by molar-refractivity contribution is 6.33. The van der Waals surface area contributed by atoms with Gasteiger partial charge in [-0.1, -0.05) is 11.6 Å². The summed E-state index contributed by atoms with van der Waals surface area (Å²) in [5.74, 6) is -0.823. The molecule has 7 heteroatoms. The van der Waals surface area contributed by atoms with Gasteiger partial charge in [0.25, 0.3) is 5.69 Å². The smallest absolute Gasteiger partial charge is 0.339 e. The molecule has 0 spiro atoms. The molecule has 1 rings (SSSR count). The van der Waals surface area contributed by atoms with E-state index >= 15 is 0 Å². The van der Waals surface area contributed by atoms with E-state index in [2.05, 4.69) is 4.74 Å². The van der Waals surface area contributed by atoms with Crippen molar-refractivity contribution in [2.24, 2.45) is 0 Å². The molecule has 0 heterocycles. The summed E-state index contributed by atoms with van der Waals surface area (Å²) in [6, 6.07) is 3.69. The number of ether oxygens (including phenoxy) is 1. The van der Waals surface area contributed by atoms with Crippen molar-refractivity contribution in [2.45, 2.75) is 0 Å². The number of carbonyl (C=O) groups excluding carboxylic acids is 1. The zero-order valence-corrected chi connectivity index (χ0v) is 8.82. The maximum absolute atomic E-state index is 11.2. The molecule has 16 heavy (non-hydrogen) atoms. The molecule has 0 amide bonds. The lowest BCUT2D eigenvalue weighted by Gasteiger charge is -2.02. The Balaban J connectivity index is 3.48. The Morgan fingerprint density at radius 3 is 2.69 bits per heavy atom. The molecule has 0 unspecified atom stereocenters. The fraction of sp³-hybridized carbons (Fsp3) is 0.111. The van der Waals surface area contributed by atoms with Crippen LogP contribution in [0, 0.1) is 21.4 Å².